The molecule has 1 aromatic rings. The highest BCUT2D eigenvalue weighted by Gasteiger charge is 2.37. The minimum atomic E-state index is -0.194. The molecule has 30 heavy (non-hydrogen) atoms. The predicted octanol–water partition coefficient (Wildman–Crippen LogP) is 2.74. The van der Waals surface area contributed by atoms with Crippen molar-refractivity contribution in [3.8, 4) is 0 Å². The van der Waals surface area contributed by atoms with Gasteiger partial charge < -0.3 is 20.4 Å². The molecule has 9 heteroatoms. The average molecular weight is 454 g/mol. The Morgan fingerprint density at radius 3 is 2.43 bits per heavy atom. The molecule has 4 rings (SSSR count). The van der Waals surface area contributed by atoms with Gasteiger partial charge in [-0.3, -0.25) is 9.69 Å². The number of rotatable bonds is 4. The fraction of sp³-hybridized carbons (Fsp3) is 0.619. The van der Waals surface area contributed by atoms with Crippen molar-refractivity contribution in [1.82, 2.24) is 20.0 Å². The van der Waals surface area contributed by atoms with Crippen LogP contribution in [-0.4, -0.2) is 84.5 Å². The first-order chi connectivity index (χ1) is 14.4. The monoisotopic (exact) mass is 453 g/mol. The minimum Gasteiger partial charge on any atom is -0.338 e. The van der Waals surface area contributed by atoms with Crippen LogP contribution in [-0.2, 0) is 4.79 Å². The number of amides is 3. The van der Waals surface area contributed by atoms with E-state index < -0.39 is 0 Å². The molecule has 1 aromatic carbocycles. The number of benzene rings is 1. The molecular weight excluding hydrogens is 425 g/mol. The van der Waals surface area contributed by atoms with Gasteiger partial charge in [-0.15, -0.1) is 0 Å². The molecule has 1 unspecified atom stereocenters. The van der Waals surface area contributed by atoms with Crippen LogP contribution in [0.4, 0.5) is 10.5 Å². The molecule has 2 saturated heterocycles. The number of carbonyl (C=O) groups is 2. The van der Waals surface area contributed by atoms with Gasteiger partial charge in [-0.25, -0.2) is 4.79 Å². The van der Waals surface area contributed by atoms with Crippen molar-refractivity contribution in [3.63, 3.8) is 0 Å². The van der Waals surface area contributed by atoms with Gasteiger partial charge in [0.05, 0.1) is 16.1 Å². The van der Waals surface area contributed by atoms with Gasteiger partial charge in [0.1, 0.15) is 0 Å². The topological polar surface area (TPSA) is 67.9 Å². The van der Waals surface area contributed by atoms with Gasteiger partial charge in [0.15, 0.2) is 0 Å². The molecule has 0 spiro atoms. The van der Waals surface area contributed by atoms with Crippen molar-refractivity contribution in [2.75, 3.05) is 51.1 Å². The number of halogens is 2. The summed E-state index contributed by atoms with van der Waals surface area (Å²) in [5.74, 6) is 0.948. The molecule has 2 aliphatic heterocycles. The van der Waals surface area contributed by atoms with Gasteiger partial charge >= 0.3 is 6.03 Å². The van der Waals surface area contributed by atoms with E-state index in [4.69, 9.17) is 23.2 Å². The number of hydrogen-bond acceptors (Lipinski definition) is 4. The first-order valence-electron chi connectivity index (χ1n) is 10.7. The Morgan fingerprint density at radius 2 is 1.77 bits per heavy atom. The summed E-state index contributed by atoms with van der Waals surface area (Å²) in [4.78, 5) is 31.6. The molecular formula is C21H29Cl2N5O2. The summed E-state index contributed by atoms with van der Waals surface area (Å²) in [6.45, 7) is 7.02. The minimum absolute atomic E-state index is 0.146. The van der Waals surface area contributed by atoms with E-state index in [-0.39, 0.29) is 18.0 Å². The third-order valence-corrected chi connectivity index (χ3v) is 7.17. The number of piperazine rings is 2. The maximum absolute atomic E-state index is 13.0. The van der Waals surface area contributed by atoms with Gasteiger partial charge in [0.25, 0.3) is 0 Å². The Kier molecular flexibility index (Phi) is 6.72. The molecule has 0 bridgehead atoms. The summed E-state index contributed by atoms with van der Waals surface area (Å²) in [7, 11) is 0. The Labute approximate surface area is 187 Å². The maximum atomic E-state index is 13.0. The van der Waals surface area contributed by atoms with Gasteiger partial charge in [-0.05, 0) is 43.9 Å². The lowest BCUT2D eigenvalue weighted by Crippen LogP contribution is -2.62. The molecule has 0 aromatic heterocycles. The van der Waals surface area contributed by atoms with Crippen molar-refractivity contribution >= 4 is 40.8 Å². The fourth-order valence-corrected chi connectivity index (χ4v) is 4.61. The van der Waals surface area contributed by atoms with Crippen molar-refractivity contribution < 1.29 is 9.59 Å². The SMILES string of the molecule is CC(C1CC1)N1CCN[C@@H](C(=O)N2CCN(C(=O)Nc3ccc(Cl)c(Cl)c3)CC2)C1. The van der Waals surface area contributed by atoms with E-state index in [0.717, 1.165) is 25.6 Å². The average Bonchev–Trinajstić information content (AvgIpc) is 3.61. The highest BCUT2D eigenvalue weighted by atomic mass is 35.5. The molecule has 1 aliphatic carbocycles. The second-order valence-corrected chi connectivity index (χ2v) is 9.27. The van der Waals surface area contributed by atoms with E-state index >= 15 is 0 Å². The van der Waals surface area contributed by atoms with Crippen LogP contribution in [0.5, 0.6) is 0 Å². The van der Waals surface area contributed by atoms with Crippen molar-refractivity contribution in [1.29, 1.82) is 0 Å². The first kappa shape index (κ1) is 21.7. The van der Waals surface area contributed by atoms with E-state index in [0.29, 0.717) is 48.0 Å². The van der Waals surface area contributed by atoms with Crippen LogP contribution in [0.15, 0.2) is 18.2 Å². The smallest absolute Gasteiger partial charge is 0.321 e. The zero-order valence-electron chi connectivity index (χ0n) is 17.2. The number of nitrogens with zero attached hydrogens (tertiary/aromatic N) is 3. The molecule has 0 radical (unpaired) electrons. The number of hydrogen-bond donors (Lipinski definition) is 2. The lowest BCUT2D eigenvalue weighted by atomic mass is 10.1. The van der Waals surface area contributed by atoms with Crippen LogP contribution in [0, 0.1) is 5.92 Å². The lowest BCUT2D eigenvalue weighted by molar-refractivity contribution is -0.136. The Balaban J connectivity index is 1.26. The summed E-state index contributed by atoms with van der Waals surface area (Å²) < 4.78 is 0. The van der Waals surface area contributed by atoms with Crippen LogP contribution in [0.25, 0.3) is 0 Å². The Hall–Kier alpha value is -1.54. The van der Waals surface area contributed by atoms with E-state index in [9.17, 15) is 9.59 Å². The second-order valence-electron chi connectivity index (χ2n) is 8.45. The molecule has 3 fully saturated rings. The fourth-order valence-electron chi connectivity index (χ4n) is 4.31. The summed E-state index contributed by atoms with van der Waals surface area (Å²) in [6.07, 6.45) is 2.63. The summed E-state index contributed by atoms with van der Waals surface area (Å²) in [5.41, 5.74) is 0.601. The number of urea groups is 1. The van der Waals surface area contributed by atoms with Crippen LogP contribution < -0.4 is 10.6 Å². The largest absolute Gasteiger partial charge is 0.338 e. The van der Waals surface area contributed by atoms with Gasteiger partial charge in [0, 0.05) is 57.5 Å². The quantitative estimate of drug-likeness (QED) is 0.735. The van der Waals surface area contributed by atoms with Crippen molar-refractivity contribution in [3.05, 3.63) is 28.2 Å². The summed E-state index contributed by atoms with van der Waals surface area (Å²) in [5, 5.41) is 7.08. The van der Waals surface area contributed by atoms with Crippen LogP contribution in [0.1, 0.15) is 19.8 Å². The highest BCUT2D eigenvalue weighted by Crippen LogP contribution is 2.35. The zero-order chi connectivity index (χ0) is 21.3. The molecule has 3 aliphatic rings. The first-order valence-corrected chi connectivity index (χ1v) is 11.4. The molecule has 2 atom stereocenters. The highest BCUT2D eigenvalue weighted by molar-refractivity contribution is 6.42. The van der Waals surface area contributed by atoms with E-state index in [1.807, 2.05) is 4.90 Å². The van der Waals surface area contributed by atoms with E-state index in [1.165, 1.54) is 12.8 Å². The molecule has 1 saturated carbocycles. The third kappa shape index (κ3) is 5.02. The van der Waals surface area contributed by atoms with E-state index in [2.05, 4.69) is 22.5 Å². The molecule has 2 N–H and O–H groups in total. The van der Waals surface area contributed by atoms with Crippen LogP contribution in [0.3, 0.4) is 0 Å². The lowest BCUT2D eigenvalue weighted by Gasteiger charge is -2.41. The summed E-state index contributed by atoms with van der Waals surface area (Å²) >= 11 is 11.9. The number of anilines is 1. The Morgan fingerprint density at radius 1 is 1.07 bits per heavy atom. The van der Waals surface area contributed by atoms with Gasteiger partial charge in [0.2, 0.25) is 5.91 Å². The van der Waals surface area contributed by atoms with E-state index in [1.54, 1.807) is 23.1 Å². The normalized spacial score (nSPS) is 23.9. The molecule has 2 heterocycles. The number of nitrogens with one attached hydrogen (secondary N) is 2. The second kappa shape index (κ2) is 9.30. The van der Waals surface area contributed by atoms with Crippen molar-refractivity contribution in [2.45, 2.75) is 31.8 Å². The Bertz CT molecular complexity index is 796. The standard InChI is InChI=1S/C21H29Cl2N5O2/c1-14(15-2-3-15)28-7-6-24-19(13-28)20(29)26-8-10-27(11-9-26)21(30)25-16-4-5-17(22)18(23)12-16/h4-5,12,14-15,19,24H,2-3,6-11,13H2,1H3,(H,25,30)/t14?,19-/m1/s1. The molecule has 7 nitrogen and oxygen atoms in total. The predicted molar refractivity (Wildman–Crippen MR) is 119 cm³/mol. The zero-order valence-corrected chi connectivity index (χ0v) is 18.8. The molecule has 3 amide bonds. The third-order valence-electron chi connectivity index (χ3n) is 6.43. The summed E-state index contributed by atoms with van der Waals surface area (Å²) in [6, 6.07) is 5.21. The van der Waals surface area contributed by atoms with Gasteiger partial charge in [-0.1, -0.05) is 23.2 Å². The molecule has 164 valence electrons. The van der Waals surface area contributed by atoms with Crippen LogP contribution >= 0.6 is 23.2 Å². The van der Waals surface area contributed by atoms with Crippen LogP contribution in [0.2, 0.25) is 10.0 Å². The number of carbonyl (C=O) groups excluding carboxylic acids is 2. The maximum Gasteiger partial charge on any atom is 0.321 e. The van der Waals surface area contributed by atoms with Gasteiger partial charge in [-0.2, -0.15) is 0 Å². The van der Waals surface area contributed by atoms with Crippen molar-refractivity contribution in [2.24, 2.45) is 5.92 Å².